The lowest BCUT2D eigenvalue weighted by Crippen LogP contribution is -2.64. The summed E-state index contributed by atoms with van der Waals surface area (Å²) in [5.74, 6) is 0.345. The highest BCUT2D eigenvalue weighted by atomic mass is 32.1. The van der Waals surface area contributed by atoms with Crippen molar-refractivity contribution in [3.8, 4) is 0 Å². The minimum absolute atomic E-state index is 0.133. The molecule has 0 amide bonds. The van der Waals surface area contributed by atoms with E-state index in [-0.39, 0.29) is 6.61 Å². The molecule has 2 aliphatic rings. The summed E-state index contributed by atoms with van der Waals surface area (Å²) in [4.78, 5) is 0. The van der Waals surface area contributed by atoms with E-state index < -0.39 is 74.6 Å². The predicted molar refractivity (Wildman–Crippen MR) is 86.2 cm³/mol. The van der Waals surface area contributed by atoms with Gasteiger partial charge in [0.25, 0.3) is 0 Å². The number of rotatable bonds is 7. The van der Waals surface area contributed by atoms with E-state index in [1.807, 2.05) is 0 Å². The Balaban J connectivity index is 2.09. The van der Waals surface area contributed by atoms with Gasteiger partial charge < -0.3 is 54.7 Å². The molecule has 0 spiro atoms. The van der Waals surface area contributed by atoms with Crippen LogP contribution in [0.1, 0.15) is 0 Å². The zero-order chi connectivity index (χ0) is 19.4. The molecule has 2 aliphatic heterocycles. The predicted octanol–water partition coefficient (Wildman–Crippen LogP) is -4.44. The summed E-state index contributed by atoms with van der Waals surface area (Å²) in [5.41, 5.74) is 0. The van der Waals surface area contributed by atoms with Crippen LogP contribution in [-0.4, -0.2) is 123 Å². The van der Waals surface area contributed by atoms with Gasteiger partial charge in [0, 0.05) is 5.75 Å². The first kappa shape index (κ1) is 22.2. The Morgan fingerprint density at radius 2 is 1.31 bits per heavy atom. The number of thiol groups is 1. The molecule has 0 aliphatic carbocycles. The third-order valence-electron chi connectivity index (χ3n) is 4.33. The van der Waals surface area contributed by atoms with Crippen molar-refractivity contribution >= 4 is 12.6 Å². The molecule has 6 unspecified atom stereocenters. The van der Waals surface area contributed by atoms with Crippen LogP contribution in [0.25, 0.3) is 0 Å². The van der Waals surface area contributed by atoms with E-state index >= 15 is 0 Å². The lowest BCUT2D eigenvalue weighted by molar-refractivity contribution is -0.359. The maximum atomic E-state index is 10.3. The summed E-state index contributed by atoms with van der Waals surface area (Å²) in [6.45, 7) is -1.12. The Labute approximate surface area is 155 Å². The lowest BCUT2D eigenvalue weighted by atomic mass is 9.97. The van der Waals surface area contributed by atoms with Gasteiger partial charge in [0.15, 0.2) is 12.6 Å². The van der Waals surface area contributed by atoms with Crippen molar-refractivity contribution in [3.05, 3.63) is 0 Å². The topological polar surface area (TPSA) is 179 Å². The maximum Gasteiger partial charge on any atom is 0.187 e. The van der Waals surface area contributed by atoms with Crippen molar-refractivity contribution in [2.45, 2.75) is 61.4 Å². The Hall–Kier alpha value is -0.0900. The molecule has 0 aromatic heterocycles. The molecule has 0 radical (unpaired) electrons. The Kier molecular flexibility index (Phi) is 8.46. The summed E-state index contributed by atoms with van der Waals surface area (Å²) in [5, 5.41) is 68.7. The molecule has 154 valence electrons. The highest BCUT2D eigenvalue weighted by Crippen LogP contribution is 2.29. The largest absolute Gasteiger partial charge is 0.394 e. The van der Waals surface area contributed by atoms with E-state index in [4.69, 9.17) is 18.9 Å². The number of aliphatic hydroxyl groups excluding tert-OH is 7. The second-order valence-corrected chi connectivity index (χ2v) is 6.55. The van der Waals surface area contributed by atoms with Gasteiger partial charge in [-0.1, -0.05) is 0 Å². The molecule has 0 aromatic rings. The molecule has 10 atom stereocenters. The van der Waals surface area contributed by atoms with Gasteiger partial charge in [-0.25, -0.2) is 0 Å². The van der Waals surface area contributed by atoms with Crippen LogP contribution in [0.5, 0.6) is 0 Å². The Morgan fingerprint density at radius 1 is 0.731 bits per heavy atom. The van der Waals surface area contributed by atoms with Crippen LogP contribution in [0.2, 0.25) is 0 Å². The summed E-state index contributed by atoms with van der Waals surface area (Å²) in [7, 11) is 0. The summed E-state index contributed by atoms with van der Waals surface area (Å²) in [6, 6.07) is 0. The Morgan fingerprint density at radius 3 is 1.88 bits per heavy atom. The second kappa shape index (κ2) is 9.91. The first-order valence-corrected chi connectivity index (χ1v) is 8.79. The smallest absolute Gasteiger partial charge is 0.187 e. The molecule has 12 heteroatoms. The normalized spacial score (nSPS) is 47.1. The number of ether oxygens (including phenoxy) is 4. The maximum absolute atomic E-state index is 10.3. The first-order valence-electron chi connectivity index (χ1n) is 8.16. The fourth-order valence-electron chi connectivity index (χ4n) is 2.86. The van der Waals surface area contributed by atoms with Crippen LogP contribution in [0, 0.1) is 0 Å². The third kappa shape index (κ3) is 4.66. The fraction of sp³-hybridized carbons (Fsp3) is 1.00. The van der Waals surface area contributed by atoms with Gasteiger partial charge in [-0.15, -0.1) is 0 Å². The molecule has 2 fully saturated rings. The van der Waals surface area contributed by atoms with Crippen LogP contribution < -0.4 is 0 Å². The van der Waals surface area contributed by atoms with Gasteiger partial charge in [-0.2, -0.15) is 12.6 Å². The average Bonchev–Trinajstić information content (AvgIpc) is 2.64. The number of hydrogen-bond acceptors (Lipinski definition) is 12. The van der Waals surface area contributed by atoms with E-state index in [9.17, 15) is 35.7 Å². The van der Waals surface area contributed by atoms with Crippen LogP contribution in [-0.2, 0) is 18.9 Å². The van der Waals surface area contributed by atoms with Crippen molar-refractivity contribution in [1.82, 2.24) is 0 Å². The van der Waals surface area contributed by atoms with Crippen molar-refractivity contribution in [2.75, 3.05) is 25.6 Å². The first-order chi connectivity index (χ1) is 12.3. The van der Waals surface area contributed by atoms with Gasteiger partial charge in [-0.3, -0.25) is 0 Å². The number of hydrogen-bond donors (Lipinski definition) is 8. The molecule has 0 saturated carbocycles. The van der Waals surface area contributed by atoms with E-state index in [1.54, 1.807) is 0 Å². The minimum Gasteiger partial charge on any atom is -0.394 e. The molecule has 0 bridgehead atoms. The highest BCUT2D eigenvalue weighted by molar-refractivity contribution is 7.80. The molecule has 2 heterocycles. The fourth-order valence-corrected chi connectivity index (χ4v) is 2.97. The van der Waals surface area contributed by atoms with Gasteiger partial charge in [0.2, 0.25) is 0 Å². The van der Waals surface area contributed by atoms with Crippen LogP contribution in [0.15, 0.2) is 0 Å². The van der Waals surface area contributed by atoms with Crippen LogP contribution in [0.3, 0.4) is 0 Å². The summed E-state index contributed by atoms with van der Waals surface area (Å²) < 4.78 is 21.2. The van der Waals surface area contributed by atoms with Crippen molar-refractivity contribution in [2.24, 2.45) is 0 Å². The molecular formula is C14H26O11S. The zero-order valence-corrected chi connectivity index (χ0v) is 14.7. The molecule has 7 N–H and O–H groups in total. The molecule has 0 aromatic carbocycles. The standard InChI is InChI=1S/C14H26O11S/c15-3-5-7(17)8(18)10(20)14(23-5)25-12-6(4-16)24-13(22-1-2-26)11(21)9(12)19/h5-21,26H,1-4H2/t5?,6?,7-,8?,9?,10?,11?,12+,13-,14+/m1/s1. The molecule has 2 saturated heterocycles. The SMILES string of the molecule is OCC1O[C@@H](O[C@H]2C(CO)O[C@@H](OCCS)C(O)C2O)C(O)C(O)[C@@H]1O. The quantitative estimate of drug-likeness (QED) is 0.193. The average molecular weight is 402 g/mol. The van der Waals surface area contributed by atoms with Crippen molar-refractivity contribution in [3.63, 3.8) is 0 Å². The van der Waals surface area contributed by atoms with Gasteiger partial charge in [-0.05, 0) is 0 Å². The van der Waals surface area contributed by atoms with E-state index in [2.05, 4.69) is 12.6 Å². The van der Waals surface area contributed by atoms with Crippen LogP contribution in [0.4, 0.5) is 0 Å². The minimum atomic E-state index is -1.70. The molecule has 11 nitrogen and oxygen atoms in total. The van der Waals surface area contributed by atoms with Crippen LogP contribution >= 0.6 is 12.6 Å². The lowest BCUT2D eigenvalue weighted by Gasteiger charge is -2.45. The van der Waals surface area contributed by atoms with E-state index in [0.29, 0.717) is 5.75 Å². The van der Waals surface area contributed by atoms with E-state index in [0.717, 1.165) is 0 Å². The number of aliphatic hydroxyl groups is 7. The zero-order valence-electron chi connectivity index (χ0n) is 13.8. The molecular weight excluding hydrogens is 376 g/mol. The summed E-state index contributed by atoms with van der Waals surface area (Å²) in [6.07, 6.45) is -14.5. The van der Waals surface area contributed by atoms with Crippen molar-refractivity contribution in [1.29, 1.82) is 0 Å². The second-order valence-electron chi connectivity index (χ2n) is 6.10. The van der Waals surface area contributed by atoms with E-state index in [1.165, 1.54) is 0 Å². The highest BCUT2D eigenvalue weighted by Gasteiger charge is 2.50. The Bertz CT molecular complexity index is 426. The summed E-state index contributed by atoms with van der Waals surface area (Å²) >= 11 is 3.96. The third-order valence-corrected chi connectivity index (χ3v) is 4.52. The van der Waals surface area contributed by atoms with Gasteiger partial charge in [0.05, 0.1) is 19.8 Å². The van der Waals surface area contributed by atoms with Crippen molar-refractivity contribution < 1.29 is 54.7 Å². The van der Waals surface area contributed by atoms with Gasteiger partial charge in [0.1, 0.15) is 48.8 Å². The molecule has 26 heavy (non-hydrogen) atoms. The molecule has 2 rings (SSSR count). The monoisotopic (exact) mass is 402 g/mol. The van der Waals surface area contributed by atoms with Gasteiger partial charge >= 0.3 is 0 Å².